The Hall–Kier alpha value is -2.09. The predicted octanol–water partition coefficient (Wildman–Crippen LogP) is 2.10. The summed E-state index contributed by atoms with van der Waals surface area (Å²) in [6, 6.07) is 3.60. The number of alkyl halides is 3. The van der Waals surface area contributed by atoms with Crippen molar-refractivity contribution < 1.29 is 22.8 Å². The van der Waals surface area contributed by atoms with E-state index >= 15 is 0 Å². The largest absolute Gasteiger partial charge is 0.416 e. The van der Waals surface area contributed by atoms with Crippen molar-refractivity contribution in [2.75, 3.05) is 0 Å². The summed E-state index contributed by atoms with van der Waals surface area (Å²) in [5.74, 6) is -0.127. The minimum atomic E-state index is -4.39. The molecule has 1 saturated heterocycles. The molecule has 0 spiro atoms. The van der Waals surface area contributed by atoms with Gasteiger partial charge in [0, 0.05) is 0 Å². The number of carbonyl (C=O) groups is 2. The SMILES string of the molecule is C[C@@H](NC(=O)C1CC(=O)NC(C2CC2)N1)c1ccc(C(F)(F)F)cc1. The Morgan fingerprint density at radius 1 is 1.24 bits per heavy atom. The molecule has 0 radical (unpaired) electrons. The van der Waals surface area contributed by atoms with E-state index < -0.39 is 23.8 Å². The molecule has 2 aliphatic rings. The van der Waals surface area contributed by atoms with Crippen LogP contribution in [0, 0.1) is 5.92 Å². The second kappa shape index (κ2) is 6.67. The Labute approximate surface area is 143 Å². The van der Waals surface area contributed by atoms with Gasteiger partial charge in [-0.2, -0.15) is 13.2 Å². The lowest BCUT2D eigenvalue weighted by Gasteiger charge is -2.31. The molecule has 1 aliphatic heterocycles. The predicted molar refractivity (Wildman–Crippen MR) is 84.2 cm³/mol. The lowest BCUT2D eigenvalue weighted by Crippen LogP contribution is -2.61. The smallest absolute Gasteiger partial charge is 0.348 e. The van der Waals surface area contributed by atoms with Crippen LogP contribution in [0.4, 0.5) is 13.2 Å². The highest BCUT2D eigenvalue weighted by atomic mass is 19.4. The van der Waals surface area contributed by atoms with Crippen molar-refractivity contribution in [2.45, 2.75) is 50.6 Å². The summed E-state index contributed by atoms with van der Waals surface area (Å²) in [7, 11) is 0. The molecule has 0 bridgehead atoms. The van der Waals surface area contributed by atoms with Crippen LogP contribution in [0.25, 0.3) is 0 Å². The standard InChI is InChI=1S/C17H20F3N3O2/c1-9(10-4-6-12(7-5-10)17(18,19)20)21-16(25)13-8-14(24)23-15(22-13)11-2-3-11/h4-7,9,11,13,15,22H,2-3,8H2,1H3,(H,21,25)(H,23,24)/t9-,13?,15?/m1/s1. The monoisotopic (exact) mass is 355 g/mol. The average Bonchev–Trinajstić information content (AvgIpc) is 3.38. The van der Waals surface area contributed by atoms with E-state index in [0.717, 1.165) is 25.0 Å². The number of hydrogen-bond acceptors (Lipinski definition) is 3. The zero-order valence-corrected chi connectivity index (χ0v) is 13.7. The first-order chi connectivity index (χ1) is 11.7. The van der Waals surface area contributed by atoms with E-state index in [1.165, 1.54) is 12.1 Å². The Morgan fingerprint density at radius 3 is 2.44 bits per heavy atom. The van der Waals surface area contributed by atoms with Crippen molar-refractivity contribution in [3.8, 4) is 0 Å². The van der Waals surface area contributed by atoms with Gasteiger partial charge in [0.25, 0.3) is 0 Å². The van der Waals surface area contributed by atoms with Crippen LogP contribution < -0.4 is 16.0 Å². The zero-order valence-electron chi connectivity index (χ0n) is 13.7. The molecular weight excluding hydrogens is 335 g/mol. The fourth-order valence-corrected chi connectivity index (χ4v) is 2.95. The molecule has 8 heteroatoms. The van der Waals surface area contributed by atoms with Crippen LogP contribution in [0.2, 0.25) is 0 Å². The summed E-state index contributed by atoms with van der Waals surface area (Å²) in [6.45, 7) is 1.70. The third-order valence-electron chi connectivity index (χ3n) is 4.59. The van der Waals surface area contributed by atoms with Crippen LogP contribution in [0.1, 0.15) is 43.4 Å². The van der Waals surface area contributed by atoms with Crippen molar-refractivity contribution in [3.63, 3.8) is 0 Å². The molecule has 1 aliphatic carbocycles. The first-order valence-corrected chi connectivity index (χ1v) is 8.27. The molecule has 1 heterocycles. The van der Waals surface area contributed by atoms with Crippen molar-refractivity contribution in [1.29, 1.82) is 0 Å². The van der Waals surface area contributed by atoms with Gasteiger partial charge in [-0.25, -0.2) is 0 Å². The molecule has 2 unspecified atom stereocenters. The molecule has 3 N–H and O–H groups in total. The van der Waals surface area contributed by atoms with Crippen molar-refractivity contribution in [1.82, 2.24) is 16.0 Å². The molecule has 1 saturated carbocycles. The van der Waals surface area contributed by atoms with Crippen LogP contribution in [0.3, 0.4) is 0 Å². The lowest BCUT2D eigenvalue weighted by molar-refractivity contribution is -0.137. The van der Waals surface area contributed by atoms with E-state index in [1.807, 2.05) is 0 Å². The first-order valence-electron chi connectivity index (χ1n) is 8.27. The van der Waals surface area contributed by atoms with E-state index in [0.29, 0.717) is 11.5 Å². The maximum absolute atomic E-state index is 12.6. The molecule has 3 atom stereocenters. The van der Waals surface area contributed by atoms with Crippen LogP contribution in [-0.4, -0.2) is 24.0 Å². The number of hydrogen-bond donors (Lipinski definition) is 3. The van der Waals surface area contributed by atoms with E-state index in [9.17, 15) is 22.8 Å². The Bertz CT molecular complexity index is 656. The van der Waals surface area contributed by atoms with Gasteiger partial charge in [-0.1, -0.05) is 12.1 Å². The quantitative estimate of drug-likeness (QED) is 0.775. The van der Waals surface area contributed by atoms with Gasteiger partial charge in [-0.05, 0) is 43.4 Å². The topological polar surface area (TPSA) is 70.2 Å². The third kappa shape index (κ3) is 4.31. The maximum Gasteiger partial charge on any atom is 0.416 e. The van der Waals surface area contributed by atoms with E-state index in [-0.39, 0.29) is 24.4 Å². The van der Waals surface area contributed by atoms with E-state index in [1.54, 1.807) is 6.92 Å². The van der Waals surface area contributed by atoms with Crippen LogP contribution in [0.5, 0.6) is 0 Å². The lowest BCUT2D eigenvalue weighted by atomic mass is 10.0. The first kappa shape index (κ1) is 17.7. The van der Waals surface area contributed by atoms with Gasteiger partial charge in [0.15, 0.2) is 0 Å². The van der Waals surface area contributed by atoms with Gasteiger partial charge < -0.3 is 10.6 Å². The number of amides is 2. The summed E-state index contributed by atoms with van der Waals surface area (Å²) in [5, 5.41) is 8.73. The molecule has 136 valence electrons. The number of carbonyl (C=O) groups excluding carboxylic acids is 2. The van der Waals surface area contributed by atoms with Crippen LogP contribution >= 0.6 is 0 Å². The van der Waals surface area contributed by atoms with Gasteiger partial charge in [-0.15, -0.1) is 0 Å². The van der Waals surface area contributed by atoms with E-state index in [4.69, 9.17) is 0 Å². The second-order valence-electron chi connectivity index (χ2n) is 6.66. The van der Waals surface area contributed by atoms with Crippen LogP contribution in [-0.2, 0) is 15.8 Å². The Kier molecular flexibility index (Phi) is 4.73. The fraction of sp³-hybridized carbons (Fsp3) is 0.529. The summed E-state index contributed by atoms with van der Waals surface area (Å²) < 4.78 is 37.8. The molecule has 1 aromatic carbocycles. The van der Waals surface area contributed by atoms with Crippen molar-refractivity contribution in [3.05, 3.63) is 35.4 Å². The number of halogens is 3. The molecule has 1 aromatic rings. The summed E-state index contributed by atoms with van der Waals surface area (Å²) >= 11 is 0. The summed E-state index contributed by atoms with van der Waals surface area (Å²) in [5.41, 5.74) is -0.159. The highest BCUT2D eigenvalue weighted by Crippen LogP contribution is 2.33. The third-order valence-corrected chi connectivity index (χ3v) is 4.59. The molecule has 3 rings (SSSR count). The van der Waals surface area contributed by atoms with E-state index in [2.05, 4.69) is 16.0 Å². The normalized spacial score (nSPS) is 25.2. The van der Waals surface area contributed by atoms with Gasteiger partial charge in [-0.3, -0.25) is 14.9 Å². The molecule has 5 nitrogen and oxygen atoms in total. The Balaban J connectivity index is 1.60. The van der Waals surface area contributed by atoms with Crippen molar-refractivity contribution >= 4 is 11.8 Å². The fourth-order valence-electron chi connectivity index (χ4n) is 2.95. The highest BCUT2D eigenvalue weighted by Gasteiger charge is 2.39. The van der Waals surface area contributed by atoms with Crippen molar-refractivity contribution in [2.24, 2.45) is 5.92 Å². The highest BCUT2D eigenvalue weighted by molar-refractivity contribution is 5.89. The molecule has 0 aromatic heterocycles. The molecule has 2 amide bonds. The summed E-state index contributed by atoms with van der Waals surface area (Å²) in [4.78, 5) is 24.2. The zero-order chi connectivity index (χ0) is 18.2. The number of nitrogens with one attached hydrogen (secondary N) is 3. The van der Waals surface area contributed by atoms with Gasteiger partial charge in [0.05, 0.1) is 30.2 Å². The number of rotatable bonds is 4. The molecule has 2 fully saturated rings. The Morgan fingerprint density at radius 2 is 1.88 bits per heavy atom. The second-order valence-corrected chi connectivity index (χ2v) is 6.66. The molecule has 25 heavy (non-hydrogen) atoms. The van der Waals surface area contributed by atoms with Gasteiger partial charge in [0.2, 0.25) is 11.8 Å². The summed E-state index contributed by atoms with van der Waals surface area (Å²) in [6.07, 6.45) is -2.47. The van der Waals surface area contributed by atoms with Gasteiger partial charge >= 0.3 is 6.18 Å². The number of benzene rings is 1. The minimum absolute atomic E-state index is 0.0504. The average molecular weight is 355 g/mol. The minimum Gasteiger partial charge on any atom is -0.348 e. The maximum atomic E-state index is 12.6. The molecular formula is C17H20F3N3O2. The van der Waals surface area contributed by atoms with Crippen LogP contribution in [0.15, 0.2) is 24.3 Å². The van der Waals surface area contributed by atoms with Gasteiger partial charge in [0.1, 0.15) is 0 Å².